The average Bonchev–Trinajstić information content (AvgIpc) is 2.30. The summed E-state index contributed by atoms with van der Waals surface area (Å²) in [5, 5.41) is 3.55. The zero-order chi connectivity index (χ0) is 11.4. The number of nitrogen functional groups attached to an aromatic ring is 1. The minimum Gasteiger partial charge on any atom is -0.384 e. The van der Waals surface area contributed by atoms with E-state index in [1.54, 1.807) is 6.20 Å². The van der Waals surface area contributed by atoms with Gasteiger partial charge < -0.3 is 11.1 Å². The second-order valence-electron chi connectivity index (χ2n) is 4.74. The lowest BCUT2D eigenvalue weighted by Crippen LogP contribution is -2.25. The fraction of sp³-hybridized carbons (Fsp3) is 0.615. The Morgan fingerprint density at radius 2 is 2.12 bits per heavy atom. The van der Waals surface area contributed by atoms with Crippen LogP contribution in [0.2, 0.25) is 0 Å². The van der Waals surface area contributed by atoms with Crippen molar-refractivity contribution in [2.75, 3.05) is 11.1 Å². The Bertz CT molecular complexity index is 330. The lowest BCUT2D eigenvalue weighted by molar-refractivity contribution is 0.330. The van der Waals surface area contributed by atoms with E-state index in [0.29, 0.717) is 11.9 Å². The maximum absolute atomic E-state index is 5.66. The summed E-state index contributed by atoms with van der Waals surface area (Å²) < 4.78 is 0. The fourth-order valence-corrected chi connectivity index (χ4v) is 2.49. The average molecular weight is 219 g/mol. The van der Waals surface area contributed by atoms with Gasteiger partial charge in [-0.25, -0.2) is 4.98 Å². The first-order valence-corrected chi connectivity index (χ1v) is 6.26. The van der Waals surface area contributed by atoms with E-state index in [2.05, 4.69) is 17.2 Å². The molecule has 0 aliphatic heterocycles. The van der Waals surface area contributed by atoms with Crippen molar-refractivity contribution < 1.29 is 0 Å². The molecule has 1 aromatic heterocycles. The van der Waals surface area contributed by atoms with Crippen molar-refractivity contribution in [2.45, 2.75) is 45.1 Å². The number of hydrogen-bond donors (Lipinski definition) is 2. The van der Waals surface area contributed by atoms with Crippen molar-refractivity contribution in [1.82, 2.24) is 4.98 Å². The summed E-state index contributed by atoms with van der Waals surface area (Å²) in [6.07, 6.45) is 8.36. The van der Waals surface area contributed by atoms with E-state index in [4.69, 9.17) is 5.73 Å². The summed E-state index contributed by atoms with van der Waals surface area (Å²) in [6.45, 7) is 2.29. The molecular weight excluding hydrogens is 198 g/mol. The van der Waals surface area contributed by atoms with Crippen LogP contribution in [0, 0.1) is 5.92 Å². The van der Waals surface area contributed by atoms with Crippen LogP contribution in [0.5, 0.6) is 0 Å². The molecule has 1 heterocycles. The standard InChI is InChI=1S/C13H21N3/c1-2-10-3-5-11(6-4-10)16-12-7-8-15-13(14)9-12/h7-11H,2-6H2,1H3,(H3,14,15,16). The summed E-state index contributed by atoms with van der Waals surface area (Å²) in [4.78, 5) is 4.00. The van der Waals surface area contributed by atoms with Crippen LogP contribution in [-0.2, 0) is 0 Å². The minimum absolute atomic E-state index is 0.590. The third-order valence-electron chi connectivity index (χ3n) is 3.58. The van der Waals surface area contributed by atoms with E-state index in [9.17, 15) is 0 Å². The molecule has 3 nitrogen and oxygen atoms in total. The summed E-state index contributed by atoms with van der Waals surface area (Å²) in [7, 11) is 0. The van der Waals surface area contributed by atoms with Gasteiger partial charge in [0.1, 0.15) is 5.82 Å². The fourth-order valence-electron chi connectivity index (χ4n) is 2.49. The van der Waals surface area contributed by atoms with Gasteiger partial charge in [0.25, 0.3) is 0 Å². The van der Waals surface area contributed by atoms with Crippen molar-refractivity contribution in [3.8, 4) is 0 Å². The number of nitrogens with one attached hydrogen (secondary N) is 1. The van der Waals surface area contributed by atoms with Gasteiger partial charge in [-0.1, -0.05) is 13.3 Å². The molecule has 16 heavy (non-hydrogen) atoms. The topological polar surface area (TPSA) is 50.9 Å². The van der Waals surface area contributed by atoms with Gasteiger partial charge in [-0.3, -0.25) is 0 Å². The van der Waals surface area contributed by atoms with Crippen molar-refractivity contribution in [1.29, 1.82) is 0 Å². The maximum atomic E-state index is 5.66. The van der Waals surface area contributed by atoms with Crippen LogP contribution in [0.25, 0.3) is 0 Å². The molecular formula is C13H21N3. The number of anilines is 2. The smallest absolute Gasteiger partial charge is 0.125 e. The van der Waals surface area contributed by atoms with Gasteiger partial charge in [0.2, 0.25) is 0 Å². The van der Waals surface area contributed by atoms with Gasteiger partial charge in [-0.15, -0.1) is 0 Å². The van der Waals surface area contributed by atoms with Crippen molar-refractivity contribution in [2.24, 2.45) is 5.92 Å². The molecule has 0 saturated heterocycles. The molecule has 2 rings (SSSR count). The highest BCUT2D eigenvalue weighted by atomic mass is 14.9. The largest absolute Gasteiger partial charge is 0.384 e. The SMILES string of the molecule is CCC1CCC(Nc2ccnc(N)c2)CC1. The molecule has 1 aliphatic carbocycles. The van der Waals surface area contributed by atoms with Gasteiger partial charge in [0.15, 0.2) is 0 Å². The van der Waals surface area contributed by atoms with E-state index in [1.165, 1.54) is 32.1 Å². The van der Waals surface area contributed by atoms with Crippen LogP contribution in [0.1, 0.15) is 39.0 Å². The Balaban J connectivity index is 1.87. The lowest BCUT2D eigenvalue weighted by Gasteiger charge is -2.29. The van der Waals surface area contributed by atoms with Gasteiger partial charge in [0, 0.05) is 24.0 Å². The van der Waals surface area contributed by atoms with E-state index in [0.717, 1.165) is 11.6 Å². The Labute approximate surface area is 97.5 Å². The second-order valence-corrected chi connectivity index (χ2v) is 4.74. The first kappa shape index (κ1) is 11.2. The molecule has 3 N–H and O–H groups in total. The van der Waals surface area contributed by atoms with Gasteiger partial charge in [-0.05, 0) is 37.7 Å². The molecule has 0 bridgehead atoms. The number of pyridine rings is 1. The molecule has 1 fully saturated rings. The first-order valence-electron chi connectivity index (χ1n) is 6.26. The Morgan fingerprint density at radius 1 is 1.38 bits per heavy atom. The Hall–Kier alpha value is -1.25. The third-order valence-corrected chi connectivity index (χ3v) is 3.58. The molecule has 0 aromatic carbocycles. The molecule has 1 aromatic rings. The normalized spacial score (nSPS) is 25.3. The summed E-state index contributed by atoms with van der Waals surface area (Å²) >= 11 is 0. The highest BCUT2D eigenvalue weighted by Gasteiger charge is 2.19. The van der Waals surface area contributed by atoms with E-state index in [-0.39, 0.29) is 0 Å². The number of nitrogens with two attached hydrogens (primary N) is 1. The zero-order valence-corrected chi connectivity index (χ0v) is 9.95. The summed E-state index contributed by atoms with van der Waals surface area (Å²) in [5.74, 6) is 1.54. The van der Waals surface area contributed by atoms with E-state index >= 15 is 0 Å². The third kappa shape index (κ3) is 2.87. The minimum atomic E-state index is 0.590. The van der Waals surface area contributed by atoms with Crippen LogP contribution in [0.15, 0.2) is 18.3 Å². The van der Waals surface area contributed by atoms with Crippen LogP contribution in [-0.4, -0.2) is 11.0 Å². The van der Waals surface area contributed by atoms with Crippen LogP contribution >= 0.6 is 0 Å². The number of hydrogen-bond acceptors (Lipinski definition) is 3. The lowest BCUT2D eigenvalue weighted by atomic mass is 9.84. The second kappa shape index (κ2) is 5.19. The summed E-state index contributed by atoms with van der Waals surface area (Å²) in [5.41, 5.74) is 6.76. The summed E-state index contributed by atoms with van der Waals surface area (Å²) in [6, 6.07) is 4.51. The zero-order valence-electron chi connectivity index (χ0n) is 9.95. The molecule has 1 aliphatic rings. The number of nitrogens with zero attached hydrogens (tertiary/aromatic N) is 1. The van der Waals surface area contributed by atoms with Crippen LogP contribution in [0.4, 0.5) is 11.5 Å². The molecule has 3 heteroatoms. The number of aromatic nitrogens is 1. The maximum Gasteiger partial charge on any atom is 0.125 e. The van der Waals surface area contributed by atoms with Crippen LogP contribution < -0.4 is 11.1 Å². The van der Waals surface area contributed by atoms with Gasteiger partial charge in [-0.2, -0.15) is 0 Å². The van der Waals surface area contributed by atoms with Crippen LogP contribution in [0.3, 0.4) is 0 Å². The van der Waals surface area contributed by atoms with Crippen molar-refractivity contribution >= 4 is 11.5 Å². The molecule has 0 atom stereocenters. The predicted octanol–water partition coefficient (Wildman–Crippen LogP) is 3.04. The van der Waals surface area contributed by atoms with Crippen molar-refractivity contribution in [3.05, 3.63) is 18.3 Å². The highest BCUT2D eigenvalue weighted by Crippen LogP contribution is 2.28. The van der Waals surface area contributed by atoms with Crippen molar-refractivity contribution in [3.63, 3.8) is 0 Å². The highest BCUT2D eigenvalue weighted by molar-refractivity contribution is 5.50. The predicted molar refractivity (Wildman–Crippen MR) is 68.3 cm³/mol. The van der Waals surface area contributed by atoms with E-state index in [1.807, 2.05) is 12.1 Å². The quantitative estimate of drug-likeness (QED) is 0.821. The number of rotatable bonds is 3. The molecule has 0 amide bonds. The molecule has 0 radical (unpaired) electrons. The molecule has 1 saturated carbocycles. The first-order chi connectivity index (χ1) is 7.78. The molecule has 0 unspecified atom stereocenters. The Kier molecular flexibility index (Phi) is 3.65. The van der Waals surface area contributed by atoms with E-state index < -0.39 is 0 Å². The monoisotopic (exact) mass is 219 g/mol. The molecule has 0 spiro atoms. The Morgan fingerprint density at radius 3 is 2.75 bits per heavy atom. The van der Waals surface area contributed by atoms with Gasteiger partial charge >= 0.3 is 0 Å². The molecule has 88 valence electrons. The van der Waals surface area contributed by atoms with Gasteiger partial charge in [0.05, 0.1) is 0 Å².